The number of ether oxygens (including phenoxy) is 1. The molecule has 1 atom stereocenters. The van der Waals surface area contributed by atoms with Gasteiger partial charge in [-0.3, -0.25) is 9.59 Å². The van der Waals surface area contributed by atoms with Crippen LogP contribution in [0.2, 0.25) is 0 Å². The molecule has 1 aliphatic rings. The molecule has 1 fully saturated rings. The number of aromatic nitrogens is 1. The minimum absolute atomic E-state index is 0.115. The van der Waals surface area contributed by atoms with Gasteiger partial charge < -0.3 is 15.8 Å². The molecule has 98 valence electrons. The highest BCUT2D eigenvalue weighted by Crippen LogP contribution is 2.19. The van der Waals surface area contributed by atoms with Gasteiger partial charge in [0.1, 0.15) is 4.88 Å². The molecular formula is C11H15N3O3S. The molecule has 6 nitrogen and oxygen atoms in total. The van der Waals surface area contributed by atoms with Crippen molar-refractivity contribution in [2.45, 2.75) is 31.8 Å². The first-order valence-electron chi connectivity index (χ1n) is 5.82. The van der Waals surface area contributed by atoms with Crippen molar-refractivity contribution in [3.63, 3.8) is 0 Å². The van der Waals surface area contributed by atoms with Gasteiger partial charge in [0.25, 0.3) is 5.91 Å². The van der Waals surface area contributed by atoms with Crippen molar-refractivity contribution in [3.05, 3.63) is 11.1 Å². The third-order valence-electron chi connectivity index (χ3n) is 2.71. The van der Waals surface area contributed by atoms with Crippen LogP contribution in [0.3, 0.4) is 0 Å². The normalized spacial score (nSPS) is 18.8. The Bertz CT molecular complexity index is 440. The van der Waals surface area contributed by atoms with Gasteiger partial charge in [-0.15, -0.1) is 0 Å². The second-order valence-corrected chi connectivity index (χ2v) is 5.15. The Hall–Kier alpha value is -1.47. The van der Waals surface area contributed by atoms with Crippen LogP contribution in [0.15, 0.2) is 6.20 Å². The van der Waals surface area contributed by atoms with Gasteiger partial charge in [-0.05, 0) is 19.3 Å². The zero-order chi connectivity index (χ0) is 13.0. The van der Waals surface area contributed by atoms with Crippen molar-refractivity contribution in [1.29, 1.82) is 0 Å². The van der Waals surface area contributed by atoms with Crippen LogP contribution in [0.4, 0.5) is 5.13 Å². The highest BCUT2D eigenvalue weighted by molar-refractivity contribution is 7.17. The Morgan fingerprint density at radius 1 is 1.61 bits per heavy atom. The Kier molecular flexibility index (Phi) is 4.27. The van der Waals surface area contributed by atoms with Gasteiger partial charge in [-0.2, -0.15) is 0 Å². The number of amides is 2. The van der Waals surface area contributed by atoms with Crippen molar-refractivity contribution in [1.82, 2.24) is 4.98 Å². The lowest BCUT2D eigenvalue weighted by atomic mass is 10.1. The number of nitrogens with one attached hydrogen (secondary N) is 1. The molecular weight excluding hydrogens is 254 g/mol. The Morgan fingerprint density at radius 2 is 2.44 bits per heavy atom. The van der Waals surface area contributed by atoms with Crippen LogP contribution in [-0.2, 0) is 9.53 Å². The molecule has 0 bridgehead atoms. The van der Waals surface area contributed by atoms with Crippen LogP contribution < -0.4 is 11.1 Å². The minimum atomic E-state index is -0.535. The topological polar surface area (TPSA) is 94.3 Å². The number of nitrogens with two attached hydrogens (primary N) is 1. The molecule has 2 heterocycles. The predicted octanol–water partition coefficient (Wildman–Crippen LogP) is 1.14. The molecule has 1 saturated heterocycles. The fourth-order valence-electron chi connectivity index (χ4n) is 1.79. The summed E-state index contributed by atoms with van der Waals surface area (Å²) in [5, 5.41) is 3.05. The summed E-state index contributed by atoms with van der Waals surface area (Å²) in [6.07, 6.45) is 4.78. The van der Waals surface area contributed by atoms with Crippen LogP contribution in [0, 0.1) is 0 Å². The van der Waals surface area contributed by atoms with E-state index in [0.717, 1.165) is 37.2 Å². The number of anilines is 1. The highest BCUT2D eigenvalue weighted by Gasteiger charge is 2.17. The number of thiazole rings is 1. The average Bonchev–Trinajstić information content (AvgIpc) is 2.96. The second-order valence-electron chi connectivity index (χ2n) is 4.12. The molecule has 1 aromatic rings. The number of rotatable bonds is 5. The molecule has 1 aromatic heterocycles. The maximum absolute atomic E-state index is 11.6. The molecule has 0 spiro atoms. The zero-order valence-corrected chi connectivity index (χ0v) is 10.7. The van der Waals surface area contributed by atoms with Crippen molar-refractivity contribution in [3.8, 4) is 0 Å². The molecule has 0 aliphatic carbocycles. The molecule has 2 amide bonds. The first kappa shape index (κ1) is 13.0. The van der Waals surface area contributed by atoms with E-state index in [9.17, 15) is 9.59 Å². The summed E-state index contributed by atoms with van der Waals surface area (Å²) in [6, 6.07) is 0. The predicted molar refractivity (Wildman–Crippen MR) is 67.5 cm³/mol. The summed E-state index contributed by atoms with van der Waals surface area (Å²) >= 11 is 1.08. The Morgan fingerprint density at radius 3 is 3.06 bits per heavy atom. The molecule has 7 heteroatoms. The van der Waals surface area contributed by atoms with Crippen molar-refractivity contribution in [2.24, 2.45) is 5.73 Å². The number of primary amides is 1. The van der Waals surface area contributed by atoms with E-state index < -0.39 is 5.91 Å². The van der Waals surface area contributed by atoms with Crippen molar-refractivity contribution >= 4 is 28.3 Å². The van der Waals surface area contributed by atoms with Gasteiger partial charge >= 0.3 is 0 Å². The summed E-state index contributed by atoms with van der Waals surface area (Å²) in [5.74, 6) is -0.650. The van der Waals surface area contributed by atoms with E-state index in [4.69, 9.17) is 10.5 Å². The van der Waals surface area contributed by atoms with Gasteiger partial charge in [0, 0.05) is 13.0 Å². The van der Waals surface area contributed by atoms with E-state index in [1.165, 1.54) is 6.20 Å². The summed E-state index contributed by atoms with van der Waals surface area (Å²) in [5.41, 5.74) is 5.10. The van der Waals surface area contributed by atoms with Crippen LogP contribution in [0.25, 0.3) is 0 Å². The maximum atomic E-state index is 11.6. The summed E-state index contributed by atoms with van der Waals surface area (Å²) in [4.78, 5) is 26.7. The summed E-state index contributed by atoms with van der Waals surface area (Å²) < 4.78 is 5.43. The zero-order valence-electron chi connectivity index (χ0n) is 9.85. The fourth-order valence-corrected chi connectivity index (χ4v) is 2.48. The lowest BCUT2D eigenvalue weighted by Crippen LogP contribution is -2.15. The monoisotopic (exact) mass is 269 g/mol. The van der Waals surface area contributed by atoms with E-state index in [1.807, 2.05) is 0 Å². The summed E-state index contributed by atoms with van der Waals surface area (Å²) in [6.45, 7) is 0.792. The number of nitrogens with zero attached hydrogens (tertiary/aromatic N) is 1. The number of carbonyl (C=O) groups is 2. The highest BCUT2D eigenvalue weighted by atomic mass is 32.1. The number of hydrogen-bond donors (Lipinski definition) is 2. The molecule has 0 saturated carbocycles. The van der Waals surface area contributed by atoms with Crippen LogP contribution >= 0.6 is 11.3 Å². The maximum Gasteiger partial charge on any atom is 0.260 e. The van der Waals surface area contributed by atoms with E-state index in [1.54, 1.807) is 0 Å². The lowest BCUT2D eigenvalue weighted by molar-refractivity contribution is -0.116. The molecule has 3 N–H and O–H groups in total. The molecule has 0 unspecified atom stereocenters. The number of carbonyl (C=O) groups excluding carboxylic acids is 2. The average molecular weight is 269 g/mol. The van der Waals surface area contributed by atoms with Crippen LogP contribution in [-0.4, -0.2) is 29.5 Å². The van der Waals surface area contributed by atoms with E-state index in [-0.39, 0.29) is 12.0 Å². The number of hydrogen-bond acceptors (Lipinski definition) is 5. The Labute approximate surface area is 109 Å². The minimum Gasteiger partial charge on any atom is -0.378 e. The van der Waals surface area contributed by atoms with Gasteiger partial charge in [0.15, 0.2) is 5.13 Å². The van der Waals surface area contributed by atoms with E-state index in [2.05, 4.69) is 10.3 Å². The standard InChI is InChI=1S/C11H15N3O3S/c12-10(16)8-6-13-11(18-8)14-9(15)4-3-7-2-1-5-17-7/h6-7H,1-5H2,(H2,12,16)(H,13,14,15)/t7-/m0/s1. The van der Waals surface area contributed by atoms with Crippen molar-refractivity contribution in [2.75, 3.05) is 11.9 Å². The molecule has 1 aliphatic heterocycles. The van der Waals surface area contributed by atoms with Crippen molar-refractivity contribution < 1.29 is 14.3 Å². The molecule has 0 aromatic carbocycles. The third-order valence-corrected chi connectivity index (χ3v) is 3.64. The summed E-state index contributed by atoms with van der Waals surface area (Å²) in [7, 11) is 0. The first-order chi connectivity index (χ1) is 8.65. The first-order valence-corrected chi connectivity index (χ1v) is 6.64. The van der Waals surface area contributed by atoms with Crippen LogP contribution in [0.1, 0.15) is 35.4 Å². The SMILES string of the molecule is NC(=O)c1cnc(NC(=O)CC[C@@H]2CCCO2)s1. The van der Waals surface area contributed by atoms with E-state index in [0.29, 0.717) is 16.4 Å². The Balaban J connectivity index is 1.77. The molecule has 2 rings (SSSR count). The van der Waals surface area contributed by atoms with Gasteiger partial charge in [0.2, 0.25) is 5.91 Å². The second kappa shape index (κ2) is 5.92. The molecule has 0 radical (unpaired) electrons. The lowest BCUT2D eigenvalue weighted by Gasteiger charge is -2.07. The largest absolute Gasteiger partial charge is 0.378 e. The smallest absolute Gasteiger partial charge is 0.260 e. The third kappa shape index (κ3) is 3.51. The van der Waals surface area contributed by atoms with Crippen LogP contribution in [0.5, 0.6) is 0 Å². The quantitative estimate of drug-likeness (QED) is 0.838. The van der Waals surface area contributed by atoms with Gasteiger partial charge in [-0.1, -0.05) is 11.3 Å². The van der Waals surface area contributed by atoms with Gasteiger partial charge in [0.05, 0.1) is 12.3 Å². The van der Waals surface area contributed by atoms with Gasteiger partial charge in [-0.25, -0.2) is 4.98 Å². The van der Waals surface area contributed by atoms with E-state index >= 15 is 0 Å². The molecule has 18 heavy (non-hydrogen) atoms. The fraction of sp³-hybridized carbons (Fsp3) is 0.545.